The minimum atomic E-state index is -1.31. The average Bonchev–Trinajstić information content (AvgIpc) is 3.35. The molecule has 2 heterocycles. The molecular formula is C21H17N4O5S-. The van der Waals surface area contributed by atoms with Crippen molar-refractivity contribution in [3.8, 4) is 17.3 Å². The largest absolute Gasteiger partial charge is 0.545 e. The molecule has 0 bridgehead atoms. The van der Waals surface area contributed by atoms with Gasteiger partial charge in [-0.1, -0.05) is 36.0 Å². The molecule has 4 rings (SSSR count). The number of aromatic carboxylic acids is 1. The molecule has 0 aliphatic carbocycles. The third-order valence-corrected chi connectivity index (χ3v) is 5.52. The third kappa shape index (κ3) is 4.24. The van der Waals surface area contributed by atoms with Gasteiger partial charge >= 0.3 is 0 Å². The molecule has 0 aliphatic heterocycles. The summed E-state index contributed by atoms with van der Waals surface area (Å²) in [5.74, 6) is 0.127. The first kappa shape index (κ1) is 20.5. The minimum Gasteiger partial charge on any atom is -0.545 e. The number of hydrogen-bond donors (Lipinski definition) is 1. The Balaban J connectivity index is 1.46. The van der Waals surface area contributed by atoms with Gasteiger partial charge < -0.3 is 28.9 Å². The van der Waals surface area contributed by atoms with Gasteiger partial charge in [0.2, 0.25) is 5.91 Å². The summed E-state index contributed by atoms with van der Waals surface area (Å²) in [5, 5.41) is 23.3. The lowest BCUT2D eigenvalue weighted by molar-refractivity contribution is -0.255. The van der Waals surface area contributed by atoms with Crippen molar-refractivity contribution < 1.29 is 23.8 Å². The van der Waals surface area contributed by atoms with E-state index in [4.69, 9.17) is 9.15 Å². The van der Waals surface area contributed by atoms with Crippen LogP contribution in [0.25, 0.3) is 22.6 Å². The Morgan fingerprint density at radius 3 is 2.77 bits per heavy atom. The van der Waals surface area contributed by atoms with Gasteiger partial charge in [-0.05, 0) is 29.8 Å². The molecule has 0 spiro atoms. The summed E-state index contributed by atoms with van der Waals surface area (Å²) in [6.07, 6.45) is 0. The van der Waals surface area contributed by atoms with E-state index in [9.17, 15) is 14.7 Å². The highest BCUT2D eigenvalue weighted by molar-refractivity contribution is 7.99. The van der Waals surface area contributed by atoms with E-state index in [2.05, 4.69) is 15.5 Å². The van der Waals surface area contributed by atoms with Crippen LogP contribution in [0.2, 0.25) is 0 Å². The number of furan rings is 1. The van der Waals surface area contributed by atoms with Crippen LogP contribution in [0, 0.1) is 0 Å². The Morgan fingerprint density at radius 1 is 1.19 bits per heavy atom. The number of carboxylic acids is 1. The molecule has 1 N–H and O–H groups in total. The highest BCUT2D eigenvalue weighted by Gasteiger charge is 2.18. The van der Waals surface area contributed by atoms with Gasteiger partial charge in [0.15, 0.2) is 28.1 Å². The molecule has 10 heteroatoms. The van der Waals surface area contributed by atoms with Crippen molar-refractivity contribution in [3.05, 3.63) is 54.1 Å². The Bertz CT molecular complexity index is 1280. The number of nitrogens with one attached hydrogen (secondary N) is 1. The van der Waals surface area contributed by atoms with Gasteiger partial charge in [0.1, 0.15) is 0 Å². The first-order valence-corrected chi connectivity index (χ1v) is 10.1. The van der Waals surface area contributed by atoms with Crippen LogP contribution in [0.4, 0.5) is 5.69 Å². The van der Waals surface area contributed by atoms with Crippen molar-refractivity contribution in [2.45, 2.75) is 5.16 Å². The van der Waals surface area contributed by atoms with Crippen molar-refractivity contribution in [3.63, 3.8) is 0 Å². The van der Waals surface area contributed by atoms with Crippen molar-refractivity contribution in [1.82, 2.24) is 14.8 Å². The van der Waals surface area contributed by atoms with Crippen LogP contribution in [0.15, 0.2) is 58.1 Å². The third-order valence-electron chi connectivity index (χ3n) is 4.50. The number of anilines is 1. The number of benzene rings is 2. The number of para-hydroxylation sites is 1. The van der Waals surface area contributed by atoms with E-state index in [1.807, 2.05) is 24.3 Å². The molecule has 0 fully saturated rings. The molecule has 0 atom stereocenters. The Kier molecular flexibility index (Phi) is 5.63. The van der Waals surface area contributed by atoms with E-state index in [0.717, 1.165) is 5.39 Å². The number of nitrogens with zero attached hydrogens (tertiary/aromatic N) is 3. The number of hydrogen-bond acceptors (Lipinski definition) is 8. The summed E-state index contributed by atoms with van der Waals surface area (Å²) in [4.78, 5) is 23.2. The number of ether oxygens (including phenoxy) is 1. The number of rotatable bonds is 7. The van der Waals surface area contributed by atoms with E-state index in [0.29, 0.717) is 33.8 Å². The van der Waals surface area contributed by atoms with E-state index < -0.39 is 5.97 Å². The molecular weight excluding hydrogens is 420 g/mol. The molecule has 9 nitrogen and oxygen atoms in total. The zero-order valence-electron chi connectivity index (χ0n) is 16.6. The highest BCUT2D eigenvalue weighted by Crippen LogP contribution is 2.33. The van der Waals surface area contributed by atoms with Gasteiger partial charge in [-0.2, -0.15) is 0 Å². The van der Waals surface area contributed by atoms with Crippen molar-refractivity contribution in [2.24, 2.45) is 7.05 Å². The van der Waals surface area contributed by atoms with Crippen LogP contribution in [-0.2, 0) is 11.8 Å². The number of carboxylic acid groups (broad SMARTS) is 1. The zero-order valence-corrected chi connectivity index (χ0v) is 17.4. The molecule has 0 aliphatic rings. The molecule has 4 aromatic rings. The summed E-state index contributed by atoms with van der Waals surface area (Å²) in [7, 11) is 3.36. The number of methoxy groups -OCH3 is 1. The highest BCUT2D eigenvalue weighted by atomic mass is 32.2. The maximum Gasteiger partial charge on any atom is 0.234 e. The second-order valence-electron chi connectivity index (χ2n) is 6.56. The van der Waals surface area contributed by atoms with Gasteiger partial charge in [-0.15, -0.1) is 10.2 Å². The van der Waals surface area contributed by atoms with Crippen LogP contribution in [0.1, 0.15) is 10.4 Å². The van der Waals surface area contributed by atoms with Gasteiger partial charge in [0.05, 0.1) is 18.8 Å². The van der Waals surface area contributed by atoms with Gasteiger partial charge in [-0.3, -0.25) is 4.79 Å². The van der Waals surface area contributed by atoms with Crippen LogP contribution in [-0.4, -0.2) is 39.5 Å². The van der Waals surface area contributed by atoms with E-state index in [1.54, 1.807) is 24.8 Å². The number of amides is 1. The number of carbonyl (C=O) groups is 2. The normalized spacial score (nSPS) is 10.9. The Labute approximate surface area is 181 Å². The van der Waals surface area contributed by atoms with E-state index >= 15 is 0 Å². The molecule has 0 saturated carbocycles. The quantitative estimate of drug-likeness (QED) is 0.437. The average molecular weight is 437 g/mol. The number of carbonyl (C=O) groups excluding carboxylic acids is 2. The lowest BCUT2D eigenvalue weighted by Crippen LogP contribution is -2.22. The molecule has 2 aromatic heterocycles. The van der Waals surface area contributed by atoms with Crippen molar-refractivity contribution >= 4 is 40.3 Å². The second-order valence-corrected chi connectivity index (χ2v) is 7.50. The molecule has 158 valence electrons. The van der Waals surface area contributed by atoms with Gasteiger partial charge in [0.25, 0.3) is 0 Å². The zero-order chi connectivity index (χ0) is 22.0. The Hall–Kier alpha value is -3.79. The van der Waals surface area contributed by atoms with Gasteiger partial charge in [0, 0.05) is 18.1 Å². The lowest BCUT2D eigenvalue weighted by Gasteiger charge is -2.08. The molecule has 0 radical (unpaired) electrons. The van der Waals surface area contributed by atoms with Gasteiger partial charge in [-0.25, -0.2) is 0 Å². The predicted molar refractivity (Wildman–Crippen MR) is 113 cm³/mol. The van der Waals surface area contributed by atoms with Crippen LogP contribution in [0.3, 0.4) is 0 Å². The number of thioether (sulfide) groups is 1. The smallest absolute Gasteiger partial charge is 0.234 e. The molecule has 31 heavy (non-hydrogen) atoms. The van der Waals surface area contributed by atoms with E-state index in [-0.39, 0.29) is 17.2 Å². The first-order chi connectivity index (χ1) is 15.0. The molecule has 1 amide bonds. The standard InChI is InChI=1S/C21H18N4O5S/c1-25-19(16-10-12-5-4-8-15(29-2)18(12)30-16)23-24-21(25)31-11-17(26)22-14-7-3-6-13(9-14)20(27)28/h3-10H,11H2,1-2H3,(H,22,26)(H,27,28)/p-1. The maximum absolute atomic E-state index is 12.3. The summed E-state index contributed by atoms with van der Waals surface area (Å²) < 4.78 is 13.0. The maximum atomic E-state index is 12.3. The molecule has 0 unspecified atom stereocenters. The second kappa shape index (κ2) is 8.52. The number of fused-ring (bicyclic) bond motifs is 1. The summed E-state index contributed by atoms with van der Waals surface area (Å²) in [6.45, 7) is 0. The molecule has 0 saturated heterocycles. The van der Waals surface area contributed by atoms with Crippen LogP contribution < -0.4 is 15.2 Å². The summed E-state index contributed by atoms with van der Waals surface area (Å²) in [5.41, 5.74) is 0.989. The van der Waals surface area contributed by atoms with E-state index in [1.165, 1.54) is 30.0 Å². The SMILES string of the molecule is COc1cccc2cc(-c3nnc(SCC(=O)Nc4cccc(C(=O)[O-])c4)n3C)oc12. The minimum absolute atomic E-state index is 0.00846. The fourth-order valence-corrected chi connectivity index (χ4v) is 3.72. The lowest BCUT2D eigenvalue weighted by atomic mass is 10.2. The topological polar surface area (TPSA) is 122 Å². The fourth-order valence-electron chi connectivity index (χ4n) is 3.01. The Morgan fingerprint density at radius 2 is 2.00 bits per heavy atom. The molecule has 2 aromatic carbocycles. The monoisotopic (exact) mass is 437 g/mol. The van der Waals surface area contributed by atoms with Crippen LogP contribution in [0.5, 0.6) is 5.75 Å². The fraction of sp³-hybridized carbons (Fsp3) is 0.143. The summed E-state index contributed by atoms with van der Waals surface area (Å²) in [6, 6.07) is 13.3. The number of aromatic nitrogens is 3. The summed E-state index contributed by atoms with van der Waals surface area (Å²) >= 11 is 1.20. The van der Waals surface area contributed by atoms with Crippen molar-refractivity contribution in [2.75, 3.05) is 18.2 Å². The first-order valence-electron chi connectivity index (χ1n) is 9.16. The predicted octanol–water partition coefficient (Wildman–Crippen LogP) is 2.33. The van der Waals surface area contributed by atoms with Crippen LogP contribution >= 0.6 is 11.8 Å². The van der Waals surface area contributed by atoms with Crippen molar-refractivity contribution in [1.29, 1.82) is 0 Å².